The third-order valence-electron chi connectivity index (χ3n) is 3.70. The number of carbonyl (C=O) groups is 1. The van der Waals surface area contributed by atoms with Crippen molar-refractivity contribution < 1.29 is 4.79 Å². The lowest BCUT2D eigenvalue weighted by Gasteiger charge is -2.38. The maximum atomic E-state index is 12.1. The first-order valence-corrected chi connectivity index (χ1v) is 6.69. The van der Waals surface area contributed by atoms with Crippen LogP contribution in [0.15, 0.2) is 18.2 Å². The number of halogens is 1. The van der Waals surface area contributed by atoms with Crippen molar-refractivity contribution in [1.29, 1.82) is 0 Å². The molecule has 2 N–H and O–H groups in total. The molecule has 0 unspecified atom stereocenters. The Hall–Kier alpha value is -1.26. The van der Waals surface area contributed by atoms with Gasteiger partial charge in [-0.1, -0.05) is 17.7 Å². The van der Waals surface area contributed by atoms with E-state index in [0.29, 0.717) is 12.6 Å². The van der Waals surface area contributed by atoms with E-state index in [1.807, 2.05) is 23.1 Å². The van der Waals surface area contributed by atoms with E-state index in [9.17, 15) is 4.79 Å². The number of nitrogens with zero attached hydrogens (tertiary/aromatic N) is 1. The summed E-state index contributed by atoms with van der Waals surface area (Å²) >= 11 is 6.20. The molecule has 0 bridgehead atoms. The Kier molecular flexibility index (Phi) is 3.14. The van der Waals surface area contributed by atoms with E-state index < -0.39 is 0 Å². The fraction of sp³-hybridized carbons (Fsp3) is 0.462. The number of amides is 2. The van der Waals surface area contributed by atoms with Crippen molar-refractivity contribution in [2.24, 2.45) is 0 Å². The second-order valence-corrected chi connectivity index (χ2v) is 5.21. The van der Waals surface area contributed by atoms with E-state index in [1.165, 1.54) is 0 Å². The number of hydrogen-bond acceptors (Lipinski definition) is 2. The zero-order valence-electron chi connectivity index (χ0n) is 10.1. The minimum absolute atomic E-state index is 0.00309. The number of nitrogens with one attached hydrogen (secondary N) is 2. The molecule has 1 aromatic carbocycles. The zero-order valence-corrected chi connectivity index (χ0v) is 10.8. The lowest BCUT2D eigenvalue weighted by Crippen LogP contribution is -2.49. The van der Waals surface area contributed by atoms with Crippen molar-refractivity contribution in [3.8, 4) is 0 Å². The van der Waals surface area contributed by atoms with Crippen molar-refractivity contribution in [2.75, 3.05) is 18.4 Å². The molecular weight excluding hydrogens is 250 g/mol. The Morgan fingerprint density at radius 1 is 1.28 bits per heavy atom. The Balaban J connectivity index is 1.86. The summed E-state index contributed by atoms with van der Waals surface area (Å²) in [6, 6.07) is 5.95. The monoisotopic (exact) mass is 265 g/mol. The number of benzene rings is 1. The van der Waals surface area contributed by atoms with Crippen molar-refractivity contribution >= 4 is 23.3 Å². The van der Waals surface area contributed by atoms with E-state index in [1.54, 1.807) is 0 Å². The summed E-state index contributed by atoms with van der Waals surface area (Å²) in [7, 11) is 0. The van der Waals surface area contributed by atoms with Gasteiger partial charge in [-0.25, -0.2) is 4.79 Å². The summed E-state index contributed by atoms with van der Waals surface area (Å²) in [5.74, 6) is 0. The molecule has 2 heterocycles. The molecule has 96 valence electrons. The smallest absolute Gasteiger partial charge is 0.317 e. The number of hydrogen-bond donors (Lipinski definition) is 2. The molecule has 3 rings (SSSR count). The van der Waals surface area contributed by atoms with E-state index in [-0.39, 0.29) is 6.03 Å². The maximum Gasteiger partial charge on any atom is 0.322 e. The van der Waals surface area contributed by atoms with Crippen LogP contribution in [-0.4, -0.2) is 30.1 Å². The molecule has 0 radical (unpaired) electrons. The Labute approximate surface area is 111 Å². The molecule has 0 aromatic heterocycles. The van der Waals surface area contributed by atoms with Crippen LogP contribution >= 0.6 is 11.6 Å². The van der Waals surface area contributed by atoms with Crippen molar-refractivity contribution in [3.05, 3.63) is 28.8 Å². The van der Waals surface area contributed by atoms with E-state index in [4.69, 9.17) is 11.6 Å². The summed E-state index contributed by atoms with van der Waals surface area (Å²) in [4.78, 5) is 14.0. The predicted octanol–water partition coefficient (Wildman–Crippen LogP) is 2.44. The molecule has 1 aromatic rings. The number of piperidine rings is 1. The molecule has 0 aliphatic carbocycles. The van der Waals surface area contributed by atoms with Gasteiger partial charge in [0, 0.05) is 22.3 Å². The molecule has 2 aliphatic rings. The van der Waals surface area contributed by atoms with Crippen LogP contribution in [0.4, 0.5) is 10.5 Å². The highest BCUT2D eigenvalue weighted by molar-refractivity contribution is 6.32. The van der Waals surface area contributed by atoms with Crippen molar-refractivity contribution in [1.82, 2.24) is 10.2 Å². The largest absolute Gasteiger partial charge is 0.322 e. The number of urea groups is 1. The third kappa shape index (κ3) is 2.06. The average Bonchev–Trinajstić information content (AvgIpc) is 2.39. The summed E-state index contributed by atoms with van der Waals surface area (Å²) in [6.45, 7) is 2.57. The minimum atomic E-state index is -0.00309. The van der Waals surface area contributed by atoms with E-state index >= 15 is 0 Å². The molecule has 18 heavy (non-hydrogen) atoms. The molecule has 4 nitrogen and oxygen atoms in total. The van der Waals surface area contributed by atoms with Gasteiger partial charge in [0.2, 0.25) is 0 Å². The van der Waals surface area contributed by atoms with Crippen LogP contribution < -0.4 is 10.6 Å². The first kappa shape index (κ1) is 11.8. The van der Waals surface area contributed by atoms with Gasteiger partial charge >= 0.3 is 6.03 Å². The lowest BCUT2D eigenvalue weighted by atomic mass is 10.0. The van der Waals surface area contributed by atoms with Gasteiger partial charge in [-0.2, -0.15) is 0 Å². The summed E-state index contributed by atoms with van der Waals surface area (Å²) < 4.78 is 0. The fourth-order valence-electron chi connectivity index (χ4n) is 2.68. The SMILES string of the molecule is O=C1Nc2cccc(Cl)c2CN1C1CCNCC1. The fourth-order valence-corrected chi connectivity index (χ4v) is 2.91. The van der Waals surface area contributed by atoms with Crippen LogP contribution in [0.5, 0.6) is 0 Å². The third-order valence-corrected chi connectivity index (χ3v) is 4.05. The van der Waals surface area contributed by atoms with Gasteiger partial charge in [0.05, 0.1) is 6.54 Å². The molecule has 2 amide bonds. The van der Waals surface area contributed by atoms with Gasteiger partial charge in [0.15, 0.2) is 0 Å². The molecule has 0 saturated carbocycles. The standard InChI is InChI=1S/C13H16ClN3O/c14-11-2-1-3-12-10(11)8-17(13(18)16-12)9-4-6-15-7-5-9/h1-3,9,15H,4-8H2,(H,16,18). The van der Waals surface area contributed by atoms with Crippen LogP contribution in [-0.2, 0) is 6.54 Å². The number of carbonyl (C=O) groups excluding carboxylic acids is 1. The summed E-state index contributed by atoms with van der Waals surface area (Å²) in [5, 5.41) is 6.97. The highest BCUT2D eigenvalue weighted by atomic mass is 35.5. The van der Waals surface area contributed by atoms with Crippen LogP contribution in [0.1, 0.15) is 18.4 Å². The molecular formula is C13H16ClN3O. The van der Waals surface area contributed by atoms with Gasteiger partial charge in [-0.15, -0.1) is 0 Å². The first-order chi connectivity index (χ1) is 8.75. The van der Waals surface area contributed by atoms with Crippen LogP contribution in [0.2, 0.25) is 5.02 Å². The topological polar surface area (TPSA) is 44.4 Å². The summed E-state index contributed by atoms with van der Waals surface area (Å²) in [5.41, 5.74) is 1.87. The molecule has 0 spiro atoms. The van der Waals surface area contributed by atoms with E-state index in [0.717, 1.165) is 42.2 Å². The quantitative estimate of drug-likeness (QED) is 0.819. The molecule has 0 atom stereocenters. The minimum Gasteiger partial charge on any atom is -0.317 e. The van der Waals surface area contributed by atoms with Crippen LogP contribution in [0, 0.1) is 0 Å². The maximum absolute atomic E-state index is 12.1. The highest BCUT2D eigenvalue weighted by Gasteiger charge is 2.30. The predicted molar refractivity (Wildman–Crippen MR) is 71.9 cm³/mol. The number of rotatable bonds is 1. The van der Waals surface area contributed by atoms with Crippen LogP contribution in [0.25, 0.3) is 0 Å². The summed E-state index contributed by atoms with van der Waals surface area (Å²) in [6.07, 6.45) is 2.01. The second-order valence-electron chi connectivity index (χ2n) is 4.81. The van der Waals surface area contributed by atoms with Gasteiger partial charge < -0.3 is 15.5 Å². The number of fused-ring (bicyclic) bond motifs is 1. The second kappa shape index (κ2) is 4.78. The zero-order chi connectivity index (χ0) is 12.5. The van der Waals surface area contributed by atoms with Gasteiger partial charge in [-0.05, 0) is 38.1 Å². The van der Waals surface area contributed by atoms with Crippen LogP contribution in [0.3, 0.4) is 0 Å². The molecule has 2 aliphatic heterocycles. The number of anilines is 1. The van der Waals surface area contributed by atoms with Crippen molar-refractivity contribution in [3.63, 3.8) is 0 Å². The van der Waals surface area contributed by atoms with Gasteiger partial charge in [0.25, 0.3) is 0 Å². The molecule has 1 fully saturated rings. The Morgan fingerprint density at radius 3 is 2.83 bits per heavy atom. The normalized spacial score (nSPS) is 20.5. The average molecular weight is 266 g/mol. The molecule has 1 saturated heterocycles. The Morgan fingerprint density at radius 2 is 2.06 bits per heavy atom. The lowest BCUT2D eigenvalue weighted by molar-refractivity contribution is 0.163. The first-order valence-electron chi connectivity index (χ1n) is 6.31. The van der Waals surface area contributed by atoms with E-state index in [2.05, 4.69) is 10.6 Å². The Bertz CT molecular complexity index is 471. The van der Waals surface area contributed by atoms with Crippen molar-refractivity contribution in [2.45, 2.75) is 25.4 Å². The molecule has 5 heteroatoms. The van der Waals surface area contributed by atoms with Gasteiger partial charge in [-0.3, -0.25) is 0 Å². The highest BCUT2D eigenvalue weighted by Crippen LogP contribution is 2.31. The van der Waals surface area contributed by atoms with Gasteiger partial charge in [0.1, 0.15) is 0 Å².